The highest BCUT2D eigenvalue weighted by molar-refractivity contribution is 7.90. The summed E-state index contributed by atoms with van der Waals surface area (Å²) in [5.74, 6) is 1.42. The average Bonchev–Trinajstić information content (AvgIpc) is 3.20. The second-order valence-electron chi connectivity index (χ2n) is 9.80. The molecule has 0 unspecified atom stereocenters. The normalized spacial score (nSPS) is 16.7. The molecule has 1 amide bonds. The first-order valence-electron chi connectivity index (χ1n) is 11.6. The van der Waals surface area contributed by atoms with Gasteiger partial charge in [-0.25, -0.2) is 23.2 Å². The summed E-state index contributed by atoms with van der Waals surface area (Å²) >= 11 is 0. The molecule has 2 aliphatic heterocycles. The van der Waals surface area contributed by atoms with Gasteiger partial charge in [0, 0.05) is 56.6 Å². The number of aromatic nitrogens is 2. The van der Waals surface area contributed by atoms with Gasteiger partial charge in [-0.15, -0.1) is 0 Å². The van der Waals surface area contributed by atoms with Gasteiger partial charge in [0.25, 0.3) is 0 Å². The van der Waals surface area contributed by atoms with E-state index in [1.54, 1.807) is 23.1 Å². The van der Waals surface area contributed by atoms with Crippen LogP contribution in [0.2, 0.25) is 0 Å². The lowest BCUT2D eigenvalue weighted by molar-refractivity contribution is 0.0123. The van der Waals surface area contributed by atoms with E-state index in [2.05, 4.69) is 9.97 Å². The van der Waals surface area contributed by atoms with Gasteiger partial charge < -0.3 is 24.0 Å². The summed E-state index contributed by atoms with van der Waals surface area (Å²) in [6, 6.07) is 5.21. The zero-order valence-corrected chi connectivity index (χ0v) is 21.6. The predicted molar refractivity (Wildman–Crippen MR) is 130 cm³/mol. The van der Waals surface area contributed by atoms with E-state index < -0.39 is 15.4 Å². The molecule has 4 rings (SSSR count). The molecule has 0 atom stereocenters. The Labute approximate surface area is 206 Å². The van der Waals surface area contributed by atoms with Crippen molar-refractivity contribution in [1.29, 1.82) is 0 Å². The SMILES string of the molecule is COc1cc2c(cc1S(C)(=O)=O)CCN2c1cc(OC2CCN(C(=O)OC(C)(C)C)CC2)ncn1. The number of benzene rings is 1. The van der Waals surface area contributed by atoms with Gasteiger partial charge in [0.2, 0.25) is 5.88 Å². The summed E-state index contributed by atoms with van der Waals surface area (Å²) in [6.45, 7) is 7.32. The molecule has 0 radical (unpaired) electrons. The second-order valence-corrected chi connectivity index (χ2v) is 11.8. The van der Waals surface area contributed by atoms with Gasteiger partial charge in [-0.2, -0.15) is 0 Å². The van der Waals surface area contributed by atoms with Gasteiger partial charge in [-0.1, -0.05) is 0 Å². The minimum atomic E-state index is -3.41. The van der Waals surface area contributed by atoms with Crippen LogP contribution in [-0.2, 0) is 21.0 Å². The van der Waals surface area contributed by atoms with E-state index in [4.69, 9.17) is 14.2 Å². The number of ether oxygens (including phenoxy) is 3. The van der Waals surface area contributed by atoms with Crippen molar-refractivity contribution in [2.45, 2.75) is 56.6 Å². The summed E-state index contributed by atoms with van der Waals surface area (Å²) in [4.78, 5) is 24.9. The molecular weight excluding hydrogens is 472 g/mol. The Morgan fingerprint density at radius 3 is 2.43 bits per heavy atom. The van der Waals surface area contributed by atoms with Crippen LogP contribution in [0.15, 0.2) is 29.4 Å². The number of methoxy groups -OCH3 is 1. The number of hydrogen-bond donors (Lipinski definition) is 0. The number of fused-ring (bicyclic) bond motifs is 1. The molecule has 3 heterocycles. The number of amides is 1. The third kappa shape index (κ3) is 5.77. The Balaban J connectivity index is 1.45. The third-order valence-electron chi connectivity index (χ3n) is 5.95. The molecule has 35 heavy (non-hydrogen) atoms. The molecule has 0 bridgehead atoms. The van der Waals surface area contributed by atoms with Crippen molar-refractivity contribution < 1.29 is 27.4 Å². The minimum absolute atomic E-state index is 0.0697. The molecular formula is C24H32N4O6S. The lowest BCUT2D eigenvalue weighted by Crippen LogP contribution is -2.44. The van der Waals surface area contributed by atoms with Gasteiger partial charge in [0.05, 0.1) is 7.11 Å². The number of carbonyl (C=O) groups is 1. The number of hydrogen-bond acceptors (Lipinski definition) is 9. The molecule has 0 saturated carbocycles. The smallest absolute Gasteiger partial charge is 0.410 e. The lowest BCUT2D eigenvalue weighted by atomic mass is 10.1. The highest BCUT2D eigenvalue weighted by Crippen LogP contribution is 2.40. The first-order chi connectivity index (χ1) is 16.4. The van der Waals surface area contributed by atoms with Crippen LogP contribution in [0.25, 0.3) is 0 Å². The van der Waals surface area contributed by atoms with Crippen molar-refractivity contribution in [3.8, 4) is 11.6 Å². The number of anilines is 2. The molecule has 1 aromatic carbocycles. The van der Waals surface area contributed by atoms with E-state index >= 15 is 0 Å². The Morgan fingerprint density at radius 2 is 1.80 bits per heavy atom. The number of likely N-dealkylation sites (tertiary alicyclic amines) is 1. The van der Waals surface area contributed by atoms with Crippen LogP contribution in [0.5, 0.6) is 11.6 Å². The van der Waals surface area contributed by atoms with Crippen molar-refractivity contribution in [3.63, 3.8) is 0 Å². The molecule has 2 aromatic rings. The van der Waals surface area contributed by atoms with Crippen LogP contribution >= 0.6 is 0 Å². The maximum atomic E-state index is 12.3. The number of nitrogens with zero attached hydrogens (tertiary/aromatic N) is 4. The van der Waals surface area contributed by atoms with Crippen molar-refractivity contribution in [2.75, 3.05) is 37.9 Å². The predicted octanol–water partition coefficient (Wildman–Crippen LogP) is 3.36. The standard InChI is InChI=1S/C24H32N4O6S/c1-24(2,3)34-23(29)27-9-7-17(8-10-27)33-22-14-21(25-15-26-22)28-11-6-16-12-20(35(5,30)31)19(32-4)13-18(16)28/h12-15,17H,6-11H2,1-5H3. The fourth-order valence-electron chi connectivity index (χ4n) is 4.28. The Hall–Kier alpha value is -3.08. The van der Waals surface area contributed by atoms with Crippen LogP contribution in [0.3, 0.4) is 0 Å². The molecule has 10 nitrogen and oxygen atoms in total. The molecule has 11 heteroatoms. The highest BCUT2D eigenvalue weighted by atomic mass is 32.2. The minimum Gasteiger partial charge on any atom is -0.495 e. The molecule has 0 spiro atoms. The highest BCUT2D eigenvalue weighted by Gasteiger charge is 2.29. The fraction of sp³-hybridized carbons (Fsp3) is 0.542. The van der Waals surface area contributed by atoms with Crippen LogP contribution in [0, 0.1) is 0 Å². The van der Waals surface area contributed by atoms with E-state index in [1.807, 2.05) is 25.7 Å². The molecule has 1 saturated heterocycles. The Bertz CT molecular complexity index is 1200. The van der Waals surface area contributed by atoms with E-state index in [0.29, 0.717) is 56.3 Å². The van der Waals surface area contributed by atoms with Crippen LogP contribution in [0.1, 0.15) is 39.2 Å². The zero-order chi connectivity index (χ0) is 25.4. The van der Waals surface area contributed by atoms with Crippen molar-refractivity contribution in [3.05, 3.63) is 30.1 Å². The lowest BCUT2D eigenvalue weighted by Gasteiger charge is -2.33. The zero-order valence-electron chi connectivity index (χ0n) is 20.8. The number of rotatable bonds is 5. The molecule has 2 aliphatic rings. The monoisotopic (exact) mass is 504 g/mol. The van der Waals surface area contributed by atoms with Crippen LogP contribution in [-0.4, -0.2) is 74.1 Å². The average molecular weight is 505 g/mol. The Kier molecular flexibility index (Phi) is 6.81. The van der Waals surface area contributed by atoms with Crippen molar-refractivity contribution in [1.82, 2.24) is 14.9 Å². The van der Waals surface area contributed by atoms with Crippen molar-refractivity contribution in [2.24, 2.45) is 0 Å². The van der Waals surface area contributed by atoms with Gasteiger partial charge in [-0.3, -0.25) is 0 Å². The second kappa shape index (κ2) is 9.52. The quantitative estimate of drug-likeness (QED) is 0.605. The first kappa shape index (κ1) is 25.0. The number of piperidine rings is 1. The maximum absolute atomic E-state index is 12.3. The topological polar surface area (TPSA) is 111 Å². The van der Waals surface area contributed by atoms with Crippen LogP contribution < -0.4 is 14.4 Å². The fourth-order valence-corrected chi connectivity index (χ4v) is 5.14. The molecule has 0 aliphatic carbocycles. The van der Waals surface area contributed by atoms with Gasteiger partial charge >= 0.3 is 6.09 Å². The molecule has 190 valence electrons. The summed E-state index contributed by atoms with van der Waals surface area (Å²) in [7, 11) is -1.95. The van der Waals surface area contributed by atoms with E-state index in [9.17, 15) is 13.2 Å². The van der Waals surface area contributed by atoms with E-state index in [1.165, 1.54) is 19.7 Å². The first-order valence-corrected chi connectivity index (χ1v) is 13.5. The van der Waals surface area contributed by atoms with Gasteiger partial charge in [0.1, 0.15) is 34.5 Å². The van der Waals surface area contributed by atoms with Gasteiger partial charge in [-0.05, 0) is 38.8 Å². The third-order valence-corrected chi connectivity index (χ3v) is 7.06. The van der Waals surface area contributed by atoms with Crippen molar-refractivity contribution >= 4 is 27.4 Å². The van der Waals surface area contributed by atoms with Crippen LogP contribution in [0.4, 0.5) is 16.3 Å². The molecule has 1 aromatic heterocycles. The number of carbonyl (C=O) groups excluding carboxylic acids is 1. The summed E-state index contributed by atoms with van der Waals surface area (Å²) in [5, 5.41) is 0. The maximum Gasteiger partial charge on any atom is 0.410 e. The van der Waals surface area contributed by atoms with E-state index in [-0.39, 0.29) is 17.1 Å². The summed E-state index contributed by atoms with van der Waals surface area (Å²) < 4.78 is 41.2. The molecule has 0 N–H and O–H groups in total. The van der Waals surface area contributed by atoms with E-state index in [0.717, 1.165) is 11.3 Å². The summed E-state index contributed by atoms with van der Waals surface area (Å²) in [6.07, 6.45) is 4.30. The number of sulfone groups is 1. The largest absolute Gasteiger partial charge is 0.495 e. The summed E-state index contributed by atoms with van der Waals surface area (Å²) in [5.41, 5.74) is 1.25. The molecule has 1 fully saturated rings. The van der Waals surface area contributed by atoms with Gasteiger partial charge in [0.15, 0.2) is 9.84 Å². The Morgan fingerprint density at radius 1 is 1.09 bits per heavy atom.